The van der Waals surface area contributed by atoms with E-state index in [1.54, 1.807) is 12.1 Å². The fraction of sp³-hybridized carbons (Fsp3) is 0.529. The molecule has 2 aromatic heterocycles. The Kier molecular flexibility index (Phi) is 4.98. The lowest BCUT2D eigenvalue weighted by Crippen LogP contribution is -2.34. The molecule has 0 aromatic carbocycles. The second kappa shape index (κ2) is 7.18. The van der Waals surface area contributed by atoms with Gasteiger partial charge >= 0.3 is 5.97 Å². The van der Waals surface area contributed by atoms with Crippen molar-refractivity contribution in [1.29, 1.82) is 0 Å². The molecule has 0 aliphatic carbocycles. The van der Waals surface area contributed by atoms with Crippen LogP contribution in [0.5, 0.6) is 0 Å². The van der Waals surface area contributed by atoms with Crippen LogP contribution in [0.3, 0.4) is 0 Å². The van der Waals surface area contributed by atoms with Crippen molar-refractivity contribution in [2.75, 3.05) is 25.0 Å². The molecule has 8 heteroatoms. The summed E-state index contributed by atoms with van der Waals surface area (Å²) in [7, 11) is 2.06. The van der Waals surface area contributed by atoms with Crippen molar-refractivity contribution in [2.45, 2.75) is 38.8 Å². The average Bonchev–Trinajstić information content (AvgIpc) is 3.24. The smallest absolute Gasteiger partial charge is 0.337 e. The number of aromatic carboxylic acids is 1. The average molecular weight is 345 g/mol. The molecule has 3 rings (SSSR count). The number of carbonyl (C=O) groups is 1. The third-order valence-corrected chi connectivity index (χ3v) is 4.47. The topological polar surface area (TPSA) is 95.6 Å². The normalized spacial score (nSPS) is 17.6. The lowest BCUT2D eigenvalue weighted by molar-refractivity contribution is 0.0696. The highest BCUT2D eigenvalue weighted by Gasteiger charge is 2.27. The van der Waals surface area contributed by atoms with E-state index in [1.807, 2.05) is 13.8 Å². The van der Waals surface area contributed by atoms with E-state index in [2.05, 4.69) is 32.0 Å². The molecule has 25 heavy (non-hydrogen) atoms. The zero-order valence-electron chi connectivity index (χ0n) is 14.7. The van der Waals surface area contributed by atoms with Gasteiger partial charge in [0.05, 0.1) is 12.1 Å². The number of nitrogens with zero attached hydrogens (tertiary/aromatic N) is 5. The summed E-state index contributed by atoms with van der Waals surface area (Å²) in [5, 5.41) is 13.0. The van der Waals surface area contributed by atoms with E-state index in [-0.39, 0.29) is 11.5 Å². The highest BCUT2D eigenvalue weighted by molar-refractivity contribution is 5.87. The first-order chi connectivity index (χ1) is 11.9. The van der Waals surface area contributed by atoms with E-state index in [0.717, 1.165) is 25.3 Å². The van der Waals surface area contributed by atoms with Crippen LogP contribution >= 0.6 is 0 Å². The molecular weight excluding hydrogens is 322 g/mol. The Labute approximate surface area is 146 Å². The van der Waals surface area contributed by atoms with E-state index in [0.29, 0.717) is 24.3 Å². The number of carboxylic acids is 1. The second-order valence-corrected chi connectivity index (χ2v) is 6.72. The quantitative estimate of drug-likeness (QED) is 0.849. The van der Waals surface area contributed by atoms with Crippen molar-refractivity contribution < 1.29 is 14.4 Å². The first-order valence-electron chi connectivity index (χ1n) is 8.41. The Balaban J connectivity index is 1.58. The van der Waals surface area contributed by atoms with Crippen LogP contribution in [-0.4, -0.2) is 57.3 Å². The predicted molar refractivity (Wildman–Crippen MR) is 91.7 cm³/mol. The Morgan fingerprint density at radius 1 is 1.48 bits per heavy atom. The van der Waals surface area contributed by atoms with E-state index >= 15 is 0 Å². The Morgan fingerprint density at radius 3 is 2.88 bits per heavy atom. The number of aromatic nitrogens is 3. The Morgan fingerprint density at radius 2 is 2.28 bits per heavy atom. The Hall–Kier alpha value is -2.48. The highest BCUT2D eigenvalue weighted by Crippen LogP contribution is 2.22. The van der Waals surface area contributed by atoms with Crippen LogP contribution < -0.4 is 4.90 Å². The molecule has 1 atom stereocenters. The van der Waals surface area contributed by atoms with Crippen molar-refractivity contribution >= 4 is 11.8 Å². The SMILES string of the molecule is CC(C)c1nc(CN(C)C2CCN(c3ccc(C(=O)O)cn3)C2)no1. The van der Waals surface area contributed by atoms with Gasteiger partial charge in [-0.2, -0.15) is 4.98 Å². The number of carboxylic acid groups (broad SMARTS) is 1. The fourth-order valence-electron chi connectivity index (χ4n) is 2.93. The maximum atomic E-state index is 10.9. The number of hydrogen-bond acceptors (Lipinski definition) is 7. The first kappa shape index (κ1) is 17.3. The van der Waals surface area contributed by atoms with Crippen LogP contribution in [0.15, 0.2) is 22.9 Å². The molecule has 1 fully saturated rings. The van der Waals surface area contributed by atoms with Gasteiger partial charge in [-0.25, -0.2) is 9.78 Å². The van der Waals surface area contributed by atoms with Gasteiger partial charge in [0.25, 0.3) is 0 Å². The molecule has 1 aliphatic heterocycles. The third-order valence-electron chi connectivity index (χ3n) is 4.47. The van der Waals surface area contributed by atoms with Crippen LogP contribution in [0.4, 0.5) is 5.82 Å². The largest absolute Gasteiger partial charge is 0.478 e. The molecule has 0 bridgehead atoms. The van der Waals surface area contributed by atoms with Crippen molar-refractivity contribution in [3.05, 3.63) is 35.6 Å². The molecule has 1 saturated heterocycles. The molecule has 1 N–H and O–H groups in total. The fourth-order valence-corrected chi connectivity index (χ4v) is 2.93. The van der Waals surface area contributed by atoms with Gasteiger partial charge in [0.1, 0.15) is 5.82 Å². The molecule has 2 aromatic rings. The minimum absolute atomic E-state index is 0.203. The number of anilines is 1. The van der Waals surface area contributed by atoms with Crippen molar-refractivity contribution in [1.82, 2.24) is 20.0 Å². The van der Waals surface area contributed by atoms with Gasteiger partial charge in [-0.1, -0.05) is 19.0 Å². The lowest BCUT2D eigenvalue weighted by Gasteiger charge is -2.23. The molecule has 0 radical (unpaired) electrons. The number of pyridine rings is 1. The number of hydrogen-bond donors (Lipinski definition) is 1. The van der Waals surface area contributed by atoms with E-state index < -0.39 is 5.97 Å². The summed E-state index contributed by atoms with van der Waals surface area (Å²) >= 11 is 0. The first-order valence-corrected chi connectivity index (χ1v) is 8.41. The van der Waals surface area contributed by atoms with Crippen LogP contribution in [0.25, 0.3) is 0 Å². The molecule has 0 spiro atoms. The minimum Gasteiger partial charge on any atom is -0.478 e. The second-order valence-electron chi connectivity index (χ2n) is 6.72. The summed E-state index contributed by atoms with van der Waals surface area (Å²) < 4.78 is 5.25. The van der Waals surface area contributed by atoms with Crippen LogP contribution in [0.1, 0.15) is 48.3 Å². The highest BCUT2D eigenvalue weighted by atomic mass is 16.5. The van der Waals surface area contributed by atoms with Gasteiger partial charge in [-0.15, -0.1) is 0 Å². The molecular formula is C17H23N5O3. The monoisotopic (exact) mass is 345 g/mol. The van der Waals surface area contributed by atoms with Crippen LogP contribution in [0.2, 0.25) is 0 Å². The number of rotatable bonds is 6. The predicted octanol–water partition coefficient (Wildman–Crippen LogP) is 2.00. The molecule has 1 aliphatic rings. The lowest BCUT2D eigenvalue weighted by atomic mass is 10.2. The summed E-state index contributed by atoms with van der Waals surface area (Å²) in [4.78, 5) is 24.0. The van der Waals surface area contributed by atoms with E-state index in [4.69, 9.17) is 9.63 Å². The van der Waals surface area contributed by atoms with Gasteiger partial charge in [-0.3, -0.25) is 4.90 Å². The molecule has 0 saturated carbocycles. The van der Waals surface area contributed by atoms with Crippen molar-refractivity contribution in [3.63, 3.8) is 0 Å². The van der Waals surface area contributed by atoms with Gasteiger partial charge in [-0.05, 0) is 25.6 Å². The molecule has 134 valence electrons. The molecule has 3 heterocycles. The Bertz CT molecular complexity index is 728. The van der Waals surface area contributed by atoms with Gasteiger partial charge in [0.2, 0.25) is 5.89 Å². The molecule has 8 nitrogen and oxygen atoms in total. The van der Waals surface area contributed by atoms with Gasteiger partial charge in [0, 0.05) is 31.2 Å². The van der Waals surface area contributed by atoms with Gasteiger partial charge < -0.3 is 14.5 Å². The third kappa shape index (κ3) is 3.96. The zero-order valence-corrected chi connectivity index (χ0v) is 14.7. The van der Waals surface area contributed by atoms with E-state index in [9.17, 15) is 4.79 Å². The summed E-state index contributed by atoms with van der Waals surface area (Å²) in [6, 6.07) is 3.72. The maximum absolute atomic E-state index is 10.9. The van der Waals surface area contributed by atoms with Gasteiger partial charge in [0.15, 0.2) is 5.82 Å². The van der Waals surface area contributed by atoms with Crippen molar-refractivity contribution in [3.8, 4) is 0 Å². The number of likely N-dealkylation sites (N-methyl/N-ethyl adjacent to an activating group) is 1. The molecule has 0 amide bonds. The van der Waals surface area contributed by atoms with Crippen molar-refractivity contribution in [2.24, 2.45) is 0 Å². The summed E-state index contributed by atoms with van der Waals surface area (Å²) in [6.07, 6.45) is 2.41. The minimum atomic E-state index is -0.959. The summed E-state index contributed by atoms with van der Waals surface area (Å²) in [6.45, 7) is 6.42. The van der Waals surface area contributed by atoms with Crippen LogP contribution in [-0.2, 0) is 6.54 Å². The van der Waals surface area contributed by atoms with E-state index in [1.165, 1.54) is 6.20 Å². The summed E-state index contributed by atoms with van der Waals surface area (Å²) in [5.74, 6) is 1.45. The van der Waals surface area contributed by atoms with Crippen LogP contribution in [0, 0.1) is 0 Å². The molecule has 1 unspecified atom stereocenters. The summed E-state index contributed by atoms with van der Waals surface area (Å²) in [5.41, 5.74) is 0.203. The standard InChI is InChI=1S/C17H23N5O3/c1-11(2)16-19-14(20-25-16)10-21(3)13-6-7-22(9-13)15-5-4-12(8-18-15)17(23)24/h4-5,8,11,13H,6-7,9-10H2,1-3H3,(H,23,24). The maximum Gasteiger partial charge on any atom is 0.337 e. The zero-order chi connectivity index (χ0) is 18.0.